The van der Waals surface area contributed by atoms with Crippen LogP contribution < -0.4 is 0 Å². The molecule has 0 amide bonds. The fourth-order valence-electron chi connectivity index (χ4n) is 2.62. The molecule has 0 fully saturated rings. The summed E-state index contributed by atoms with van der Waals surface area (Å²) < 4.78 is 25.2. The summed E-state index contributed by atoms with van der Waals surface area (Å²) >= 11 is 0. The summed E-state index contributed by atoms with van der Waals surface area (Å²) in [4.78, 5) is 8.28. The minimum atomic E-state index is -0.377. The van der Waals surface area contributed by atoms with E-state index in [-0.39, 0.29) is 11.7 Å². The van der Waals surface area contributed by atoms with E-state index in [4.69, 9.17) is 8.83 Å². The molecule has 0 N–H and O–H groups in total. The maximum absolute atomic E-state index is 14.3. The Morgan fingerprint density at radius 3 is 2.56 bits per heavy atom. The molecule has 0 atom stereocenters. The Labute approximate surface area is 144 Å². The van der Waals surface area contributed by atoms with Gasteiger partial charge in [0, 0.05) is 12.0 Å². The van der Waals surface area contributed by atoms with Crippen molar-refractivity contribution >= 4 is 0 Å². The van der Waals surface area contributed by atoms with Crippen LogP contribution in [0.5, 0.6) is 0 Å². The number of nitrogens with zero attached hydrogens (tertiary/aromatic N) is 2. The first-order chi connectivity index (χ1) is 12.2. The second kappa shape index (κ2) is 6.36. The molecule has 0 radical (unpaired) electrons. The highest BCUT2D eigenvalue weighted by Gasteiger charge is 2.12. The van der Waals surface area contributed by atoms with Gasteiger partial charge in [0.15, 0.2) is 0 Å². The Balaban J connectivity index is 1.55. The number of hydrogen-bond donors (Lipinski definition) is 0. The Kier molecular flexibility index (Phi) is 3.90. The van der Waals surface area contributed by atoms with Crippen LogP contribution in [0.15, 0.2) is 70.0 Å². The second-order valence-electron chi connectivity index (χ2n) is 5.83. The van der Waals surface area contributed by atoms with Gasteiger partial charge < -0.3 is 8.83 Å². The number of hydrogen-bond acceptors (Lipinski definition) is 4. The van der Waals surface area contributed by atoms with Crippen molar-refractivity contribution in [3.8, 4) is 22.9 Å². The molecule has 4 aromatic rings. The van der Waals surface area contributed by atoms with Crippen LogP contribution >= 0.6 is 0 Å². The molecule has 0 aliphatic rings. The summed E-state index contributed by atoms with van der Waals surface area (Å²) in [6.45, 7) is 2.03. The molecule has 0 saturated carbocycles. The first-order valence-electron chi connectivity index (χ1n) is 7.89. The van der Waals surface area contributed by atoms with Crippen LogP contribution in [0.3, 0.4) is 0 Å². The number of aryl methyl sites for hydroxylation is 1. The van der Waals surface area contributed by atoms with Crippen molar-refractivity contribution in [3.63, 3.8) is 0 Å². The lowest BCUT2D eigenvalue weighted by Crippen LogP contribution is -1.90. The van der Waals surface area contributed by atoms with Gasteiger partial charge in [0.2, 0.25) is 11.8 Å². The van der Waals surface area contributed by atoms with E-state index in [0.29, 0.717) is 23.6 Å². The van der Waals surface area contributed by atoms with Crippen LogP contribution in [0.4, 0.5) is 4.39 Å². The molecular formula is C20H15FN2O2. The maximum atomic E-state index is 14.3. The second-order valence-corrected chi connectivity index (χ2v) is 5.83. The van der Waals surface area contributed by atoms with Crippen molar-refractivity contribution in [2.75, 3.05) is 0 Å². The molecule has 0 bridgehead atoms. The SMILES string of the molecule is Cc1ccc(-c2ncc(Cc3ccc(-c4ncco4)c(F)c3)o2)cc1. The molecule has 0 aliphatic carbocycles. The minimum absolute atomic E-state index is 0.269. The van der Waals surface area contributed by atoms with E-state index in [1.165, 1.54) is 24.1 Å². The van der Waals surface area contributed by atoms with E-state index < -0.39 is 0 Å². The lowest BCUT2D eigenvalue weighted by Gasteiger charge is -2.02. The number of aromatic nitrogens is 2. The van der Waals surface area contributed by atoms with Gasteiger partial charge in [0.1, 0.15) is 17.8 Å². The van der Waals surface area contributed by atoms with Crippen LogP contribution in [-0.4, -0.2) is 9.97 Å². The van der Waals surface area contributed by atoms with Crippen LogP contribution in [-0.2, 0) is 6.42 Å². The topological polar surface area (TPSA) is 52.1 Å². The molecule has 0 saturated heterocycles. The van der Waals surface area contributed by atoms with Crippen LogP contribution in [0, 0.1) is 12.7 Å². The lowest BCUT2D eigenvalue weighted by molar-refractivity contribution is 0.528. The largest absolute Gasteiger partial charge is 0.444 e. The van der Waals surface area contributed by atoms with Gasteiger partial charge in [-0.05, 0) is 36.8 Å². The van der Waals surface area contributed by atoms with E-state index in [9.17, 15) is 4.39 Å². The van der Waals surface area contributed by atoms with Crippen molar-refractivity contribution in [1.29, 1.82) is 0 Å². The predicted octanol–water partition coefficient (Wildman–Crippen LogP) is 5.03. The molecule has 0 unspecified atom stereocenters. The van der Waals surface area contributed by atoms with Crippen LogP contribution in [0.1, 0.15) is 16.9 Å². The van der Waals surface area contributed by atoms with Gasteiger partial charge >= 0.3 is 0 Å². The van der Waals surface area contributed by atoms with Gasteiger partial charge in [-0.1, -0.05) is 23.8 Å². The molecule has 0 aliphatic heterocycles. The number of rotatable bonds is 4. The Morgan fingerprint density at radius 2 is 1.84 bits per heavy atom. The molecular weight excluding hydrogens is 319 g/mol. The zero-order chi connectivity index (χ0) is 17.2. The van der Waals surface area contributed by atoms with Crippen molar-refractivity contribution in [2.24, 2.45) is 0 Å². The molecule has 25 heavy (non-hydrogen) atoms. The maximum Gasteiger partial charge on any atom is 0.228 e. The highest BCUT2D eigenvalue weighted by molar-refractivity contribution is 5.55. The average Bonchev–Trinajstić information content (AvgIpc) is 3.28. The Hall–Kier alpha value is -3.21. The Bertz CT molecular complexity index is 989. The molecule has 4 rings (SSSR count). The summed E-state index contributed by atoms with van der Waals surface area (Å²) in [5.74, 6) is 1.13. The quantitative estimate of drug-likeness (QED) is 0.525. The highest BCUT2D eigenvalue weighted by atomic mass is 19.1. The monoisotopic (exact) mass is 334 g/mol. The van der Waals surface area contributed by atoms with Crippen molar-refractivity contribution in [1.82, 2.24) is 9.97 Å². The molecule has 5 heteroatoms. The van der Waals surface area contributed by atoms with Crippen molar-refractivity contribution < 1.29 is 13.2 Å². The fourth-order valence-corrected chi connectivity index (χ4v) is 2.62. The molecule has 4 nitrogen and oxygen atoms in total. The first-order valence-corrected chi connectivity index (χ1v) is 7.89. The summed E-state index contributed by atoms with van der Waals surface area (Å²) in [5.41, 5.74) is 3.23. The molecule has 2 heterocycles. The van der Waals surface area contributed by atoms with Gasteiger partial charge in [-0.3, -0.25) is 0 Å². The van der Waals surface area contributed by atoms with E-state index in [2.05, 4.69) is 9.97 Å². The van der Waals surface area contributed by atoms with Gasteiger partial charge in [-0.15, -0.1) is 0 Å². The zero-order valence-electron chi connectivity index (χ0n) is 13.6. The van der Waals surface area contributed by atoms with Crippen LogP contribution in [0.25, 0.3) is 22.9 Å². The Morgan fingerprint density at radius 1 is 1.00 bits per heavy atom. The van der Waals surface area contributed by atoms with Crippen molar-refractivity contribution in [3.05, 3.63) is 83.8 Å². The van der Waals surface area contributed by atoms with E-state index >= 15 is 0 Å². The van der Waals surface area contributed by atoms with E-state index in [1.54, 1.807) is 12.3 Å². The van der Waals surface area contributed by atoms with Crippen LogP contribution in [0.2, 0.25) is 0 Å². The number of halogens is 1. The van der Waals surface area contributed by atoms with Gasteiger partial charge in [0.05, 0.1) is 18.0 Å². The third kappa shape index (κ3) is 3.21. The number of benzene rings is 2. The molecule has 2 aromatic heterocycles. The standard InChI is InChI=1S/C20H15FN2O2/c1-13-2-5-15(6-3-13)19-23-12-16(25-19)10-14-4-7-17(18(21)11-14)20-22-8-9-24-20/h2-9,11-12H,10H2,1H3. The molecule has 2 aromatic carbocycles. The van der Waals surface area contributed by atoms with E-state index in [1.807, 2.05) is 37.3 Å². The predicted molar refractivity (Wildman–Crippen MR) is 91.4 cm³/mol. The van der Waals surface area contributed by atoms with Gasteiger partial charge in [0.25, 0.3) is 0 Å². The third-order valence-electron chi connectivity index (χ3n) is 3.93. The molecule has 124 valence electrons. The lowest BCUT2D eigenvalue weighted by atomic mass is 10.1. The number of oxazole rings is 2. The summed E-state index contributed by atoms with van der Waals surface area (Å²) in [6, 6.07) is 12.9. The normalized spacial score (nSPS) is 11.0. The third-order valence-corrected chi connectivity index (χ3v) is 3.93. The van der Waals surface area contributed by atoms with E-state index in [0.717, 1.165) is 11.1 Å². The fraction of sp³-hybridized carbons (Fsp3) is 0.100. The van der Waals surface area contributed by atoms with Gasteiger partial charge in [-0.25, -0.2) is 14.4 Å². The summed E-state index contributed by atoms with van der Waals surface area (Å²) in [6.07, 6.45) is 5.05. The summed E-state index contributed by atoms with van der Waals surface area (Å²) in [5, 5.41) is 0. The molecule has 0 spiro atoms. The zero-order valence-corrected chi connectivity index (χ0v) is 13.6. The minimum Gasteiger partial charge on any atom is -0.444 e. The average molecular weight is 334 g/mol. The van der Waals surface area contributed by atoms with Gasteiger partial charge in [-0.2, -0.15) is 0 Å². The highest BCUT2D eigenvalue weighted by Crippen LogP contribution is 2.25. The summed E-state index contributed by atoms with van der Waals surface area (Å²) in [7, 11) is 0. The van der Waals surface area contributed by atoms with Crippen molar-refractivity contribution in [2.45, 2.75) is 13.3 Å². The first kappa shape index (κ1) is 15.3. The smallest absolute Gasteiger partial charge is 0.228 e.